The molecule has 20 heteroatoms. The number of phenolic OH excluding ortho intramolecular Hbond substituents is 8. The highest BCUT2D eigenvalue weighted by Gasteiger charge is 2.51. The second-order valence-corrected chi connectivity index (χ2v) is 40.5. The number of phenols is 8. The van der Waals surface area contributed by atoms with Crippen molar-refractivity contribution in [2.45, 2.75) is 238 Å². The van der Waals surface area contributed by atoms with E-state index in [2.05, 4.69) is 75.5 Å². The summed E-state index contributed by atoms with van der Waals surface area (Å²) in [5, 5.41) is 119. The van der Waals surface area contributed by atoms with E-state index in [0.717, 1.165) is 129 Å². The van der Waals surface area contributed by atoms with E-state index in [0.29, 0.717) is 152 Å². The second kappa shape index (κ2) is 40.9. The maximum atomic E-state index is 13.1. The first-order valence-electron chi connectivity index (χ1n) is 48.1. The number of aryl methyl sites for hydroxylation is 20. The monoisotopic (exact) mass is 1890 g/mol. The number of carboxylic acids is 2. The minimum absolute atomic E-state index is 0.0668. The van der Waals surface area contributed by atoms with Gasteiger partial charge in [-0.05, 0) is 434 Å². The zero-order valence-electron chi connectivity index (χ0n) is 84.7. The molecule has 2 fully saturated rings. The lowest BCUT2D eigenvalue weighted by molar-refractivity contribution is -0.439. The number of hydrogen-bond acceptors (Lipinski definition) is 18. The van der Waals surface area contributed by atoms with E-state index >= 15 is 0 Å². The third-order valence-electron chi connectivity index (χ3n) is 30.9. The topological polar surface area (TPSA) is 310 Å². The Morgan fingerprint density at radius 2 is 0.514 bits per heavy atom. The molecule has 2 aliphatic rings. The number of aliphatic carboxylic acids is 2. The van der Waals surface area contributed by atoms with Crippen molar-refractivity contribution in [2.24, 2.45) is 17.3 Å². The maximum absolute atomic E-state index is 13.1. The Bertz CT molecular complexity index is 6610. The van der Waals surface area contributed by atoms with Crippen LogP contribution in [0.4, 0.5) is 0 Å². The normalized spacial score (nSPS) is 16.1. The number of carboxylic acid groups (broad SMARTS) is 2. The molecular formula is C120H134O20. The molecule has 0 heterocycles. The third-order valence-corrected chi connectivity index (χ3v) is 30.9. The van der Waals surface area contributed by atoms with Gasteiger partial charge in [0.1, 0.15) is 75.8 Å². The van der Waals surface area contributed by atoms with Crippen molar-refractivity contribution in [1.82, 2.24) is 0 Å². The fourth-order valence-corrected chi connectivity index (χ4v) is 23.0. The molecule has 0 bridgehead atoms. The van der Waals surface area contributed by atoms with Gasteiger partial charge in [-0.25, -0.2) is 9.59 Å². The van der Waals surface area contributed by atoms with Crippen molar-refractivity contribution in [3.8, 4) is 69.0 Å². The van der Waals surface area contributed by atoms with Crippen LogP contribution in [0.2, 0.25) is 0 Å². The van der Waals surface area contributed by atoms with Gasteiger partial charge in [0.25, 0.3) is 0 Å². The quantitative estimate of drug-likeness (QED) is 0.00456. The molecular weight excluding hydrogens is 1760 g/mol. The van der Waals surface area contributed by atoms with E-state index in [9.17, 15) is 60.7 Å². The lowest BCUT2D eigenvalue weighted by Crippen LogP contribution is -2.43. The third kappa shape index (κ3) is 20.0. The summed E-state index contributed by atoms with van der Waals surface area (Å²) in [6.45, 7) is 49.3. The molecule has 12 aromatic carbocycles. The van der Waals surface area contributed by atoms with Gasteiger partial charge in [0, 0.05) is 61.8 Å². The summed E-state index contributed by atoms with van der Waals surface area (Å²) in [6.07, 6.45) is 7.41. The highest BCUT2D eigenvalue weighted by molar-refractivity contribution is 5.72. The van der Waals surface area contributed by atoms with E-state index in [4.69, 9.17) is 38.8 Å². The Morgan fingerprint density at radius 1 is 0.300 bits per heavy atom. The second-order valence-electron chi connectivity index (χ2n) is 40.5. The van der Waals surface area contributed by atoms with Crippen molar-refractivity contribution >= 4 is 11.9 Å². The number of rotatable bonds is 33. The SMILES string of the molecule is C=COOCOc1c(C)cc(C2(c3cc(C)c(OCC(=O)O)c(C(c4cc(C)c(O)cc4C)c4cc(C)c(O)cc4C)c3)CCC(C(C)(C)C3CCC(c4cc(C)c(OCC(=O)O)c(C(c5cc(C)c(O)cc5C)c5cc(C)c(O)cc5C)c4)(c4cc(C)c(OOOC=C)c(C(c5cc(C)c(O)cc5C)c5cc(C)c(O)cc5C)c4)CC3)CC2)cc1C(c1cc(C)c(O)cc1C)c1cc(C)c(O)cc1C. The molecule has 0 aliphatic heterocycles. The van der Waals surface area contributed by atoms with Crippen LogP contribution in [0.1, 0.15) is 289 Å². The van der Waals surface area contributed by atoms with Gasteiger partial charge in [-0.1, -0.05) is 124 Å². The van der Waals surface area contributed by atoms with Crippen LogP contribution >= 0.6 is 0 Å². The van der Waals surface area contributed by atoms with E-state index in [-0.39, 0.29) is 64.6 Å². The van der Waals surface area contributed by atoms with Crippen LogP contribution in [0.15, 0.2) is 171 Å². The Kier molecular flexibility index (Phi) is 29.8. The molecule has 734 valence electrons. The highest BCUT2D eigenvalue weighted by atomic mass is 17.5. The average Bonchev–Trinajstić information content (AvgIpc) is 0.722. The summed E-state index contributed by atoms with van der Waals surface area (Å²) in [6, 6.07) is 47.8. The molecule has 0 amide bonds. The number of hydrogen-bond donors (Lipinski definition) is 10. The number of benzene rings is 12. The summed E-state index contributed by atoms with van der Waals surface area (Å²) in [5.74, 6) is -2.27. The van der Waals surface area contributed by atoms with Gasteiger partial charge in [0.15, 0.2) is 19.0 Å². The molecule has 12 aromatic rings. The molecule has 0 atom stereocenters. The van der Waals surface area contributed by atoms with Crippen molar-refractivity contribution in [2.75, 3.05) is 20.0 Å². The lowest BCUT2D eigenvalue weighted by atomic mass is 9.52. The summed E-state index contributed by atoms with van der Waals surface area (Å²) in [4.78, 5) is 48.8. The summed E-state index contributed by atoms with van der Waals surface area (Å²) in [7, 11) is 0. The predicted molar refractivity (Wildman–Crippen MR) is 546 cm³/mol. The fourth-order valence-electron chi connectivity index (χ4n) is 23.0. The van der Waals surface area contributed by atoms with Gasteiger partial charge < -0.3 is 75.1 Å². The van der Waals surface area contributed by atoms with Crippen LogP contribution in [0.3, 0.4) is 0 Å². The van der Waals surface area contributed by atoms with Gasteiger partial charge in [-0.3, -0.25) is 4.89 Å². The van der Waals surface area contributed by atoms with Crippen molar-refractivity contribution in [3.05, 3.63) is 372 Å². The van der Waals surface area contributed by atoms with Gasteiger partial charge in [-0.15, -0.1) is 4.89 Å². The Balaban J connectivity index is 1.01. The van der Waals surface area contributed by atoms with Gasteiger partial charge in [0.05, 0.1) is 0 Å². The average molecular weight is 1900 g/mol. The standard InChI is InChI=1S/C120H134O20/c1-25-136-138-61-135-116-80(21)37-86(57-98(116)112(92-43-74(15)104(125)51-66(92)7)93-44-75(16)105(126)52-67(93)8)119(84-35-78(19)114(133-59-108(129)130)96(55-84)110(88-39-70(11)100(121)47-62(88)3)89-40-71(12)101(122)48-63(89)4)31-27-82(28-32-119)118(23,24)83-29-33-120(34-30-83,85-36-79(20)115(134-60-109(131)132)97(56-85)111(90-41-72(13)102(123)49-64(90)5)91-42-73(14)103(124)50-65(91)6)87-38-81(22)117(139-140-137-26-2)99(58-87)113(94-45-76(17)106(127)53-68(94)9)95-46-77(18)107(128)54-69(95)10/h25-26,35-58,82-83,110-113,121-128H,1-2,27-34,59-61H2,3-24H3,(H,129,130)(H,131,132). The zero-order valence-corrected chi connectivity index (χ0v) is 84.7. The number of aromatic hydroxyl groups is 8. The van der Waals surface area contributed by atoms with Crippen LogP contribution in [0, 0.1) is 156 Å². The molecule has 10 N–H and O–H groups in total. The van der Waals surface area contributed by atoms with E-state index in [1.165, 1.54) is 6.26 Å². The Hall–Kier alpha value is -13.8. The molecule has 2 saturated carbocycles. The predicted octanol–water partition coefficient (Wildman–Crippen LogP) is 26.6. The molecule has 0 aromatic heterocycles. The fraction of sp³-hybridized carbons (Fsp3) is 0.350. The maximum Gasteiger partial charge on any atom is 0.341 e. The summed E-state index contributed by atoms with van der Waals surface area (Å²) < 4.78 is 20.2. The molecule has 0 unspecified atom stereocenters. The number of carbonyl (C=O) groups is 2. The van der Waals surface area contributed by atoms with Crippen LogP contribution < -0.4 is 19.1 Å². The molecule has 20 nitrogen and oxygen atoms in total. The summed E-state index contributed by atoms with van der Waals surface area (Å²) in [5.41, 5.74) is 25.2. The van der Waals surface area contributed by atoms with Gasteiger partial charge >= 0.3 is 11.9 Å². The molecule has 140 heavy (non-hydrogen) atoms. The first kappa shape index (κ1) is 102. The van der Waals surface area contributed by atoms with Gasteiger partial charge in [-0.2, -0.15) is 0 Å². The first-order valence-corrected chi connectivity index (χ1v) is 48.1. The van der Waals surface area contributed by atoms with Crippen LogP contribution in [0.25, 0.3) is 0 Å². The van der Waals surface area contributed by atoms with Gasteiger partial charge in [0.2, 0.25) is 6.79 Å². The molecule has 0 spiro atoms. The van der Waals surface area contributed by atoms with E-state index in [1.807, 2.05) is 187 Å². The Morgan fingerprint density at radius 3 is 0.736 bits per heavy atom. The minimum atomic E-state index is -1.17. The van der Waals surface area contributed by atoms with Crippen molar-refractivity contribution in [3.63, 3.8) is 0 Å². The van der Waals surface area contributed by atoms with E-state index < -0.39 is 65.1 Å². The molecule has 0 radical (unpaired) electrons. The first-order chi connectivity index (χ1) is 66.2. The van der Waals surface area contributed by atoms with Crippen LogP contribution in [-0.2, 0) is 40.1 Å². The van der Waals surface area contributed by atoms with Crippen LogP contribution in [-0.4, -0.2) is 83.0 Å². The molecule has 2 aliphatic carbocycles. The molecule has 14 rings (SSSR count). The zero-order chi connectivity index (χ0) is 102. The van der Waals surface area contributed by atoms with Crippen molar-refractivity contribution < 1.29 is 99.5 Å². The number of ether oxygens (including phenoxy) is 3. The minimum Gasteiger partial charge on any atom is -0.508 e. The highest BCUT2D eigenvalue weighted by Crippen LogP contribution is 2.62. The van der Waals surface area contributed by atoms with Crippen molar-refractivity contribution in [1.29, 1.82) is 0 Å². The van der Waals surface area contributed by atoms with E-state index in [1.54, 1.807) is 48.5 Å². The smallest absolute Gasteiger partial charge is 0.341 e. The largest absolute Gasteiger partial charge is 0.508 e. The Labute approximate surface area is 822 Å². The lowest BCUT2D eigenvalue weighted by Gasteiger charge is -2.52. The summed E-state index contributed by atoms with van der Waals surface area (Å²) >= 11 is 0. The van der Waals surface area contributed by atoms with Crippen LogP contribution in [0.5, 0.6) is 69.0 Å². The molecule has 0 saturated heterocycles.